The molecule has 2 heterocycles. The van der Waals surface area contributed by atoms with Crippen molar-refractivity contribution in [2.75, 3.05) is 18.4 Å². The van der Waals surface area contributed by atoms with Crippen molar-refractivity contribution in [1.82, 2.24) is 9.88 Å². The van der Waals surface area contributed by atoms with Crippen LogP contribution in [0.25, 0.3) is 0 Å². The molecule has 1 aliphatic heterocycles. The summed E-state index contributed by atoms with van der Waals surface area (Å²) in [4.78, 5) is 17.7. The molecule has 0 bridgehead atoms. The first-order chi connectivity index (χ1) is 10.7. The number of nitrogens with zero attached hydrogens (tertiary/aromatic N) is 2. The van der Waals surface area contributed by atoms with Gasteiger partial charge in [-0.1, -0.05) is 13.8 Å². The Morgan fingerprint density at radius 3 is 2.48 bits per heavy atom. The van der Waals surface area contributed by atoms with Crippen molar-refractivity contribution in [3.05, 3.63) is 18.3 Å². The molecule has 1 N–H and O–H groups in total. The topological polar surface area (TPSA) is 54.5 Å². The summed E-state index contributed by atoms with van der Waals surface area (Å²) >= 11 is 0. The standard InChI is InChI=1S/C15H20F3N3O2/c1-10(2)14(22)21-7-5-11(6-8-21)20-13-4-3-12(9-19-13)23-15(16,17)18/h3-4,9-11H,5-8H2,1-2H3,(H,19,20). The summed E-state index contributed by atoms with van der Waals surface area (Å²) in [5.41, 5.74) is 0. The van der Waals surface area contributed by atoms with E-state index in [0.29, 0.717) is 18.9 Å². The zero-order valence-corrected chi connectivity index (χ0v) is 13.1. The first-order valence-corrected chi connectivity index (χ1v) is 7.52. The number of pyridine rings is 1. The molecule has 23 heavy (non-hydrogen) atoms. The molecule has 0 radical (unpaired) electrons. The van der Waals surface area contributed by atoms with E-state index in [1.807, 2.05) is 18.7 Å². The van der Waals surface area contributed by atoms with E-state index in [2.05, 4.69) is 15.0 Å². The Bertz CT molecular complexity index is 524. The van der Waals surface area contributed by atoms with Crippen LogP contribution in [0, 0.1) is 5.92 Å². The van der Waals surface area contributed by atoms with Gasteiger partial charge < -0.3 is 15.0 Å². The van der Waals surface area contributed by atoms with Gasteiger partial charge in [-0.05, 0) is 25.0 Å². The van der Waals surface area contributed by atoms with Gasteiger partial charge in [-0.3, -0.25) is 4.79 Å². The number of rotatable bonds is 4. The molecule has 8 heteroatoms. The average molecular weight is 331 g/mol. The number of carbonyl (C=O) groups excluding carboxylic acids is 1. The van der Waals surface area contributed by atoms with E-state index in [-0.39, 0.29) is 23.6 Å². The Morgan fingerprint density at radius 1 is 1.35 bits per heavy atom. The molecule has 1 aromatic rings. The molecule has 0 aliphatic carbocycles. The number of anilines is 1. The van der Waals surface area contributed by atoms with E-state index in [0.717, 1.165) is 19.0 Å². The van der Waals surface area contributed by atoms with Crippen LogP contribution in [0.4, 0.5) is 19.0 Å². The Balaban J connectivity index is 1.83. The van der Waals surface area contributed by atoms with Crippen molar-refractivity contribution >= 4 is 11.7 Å². The SMILES string of the molecule is CC(C)C(=O)N1CCC(Nc2ccc(OC(F)(F)F)cn2)CC1. The van der Waals surface area contributed by atoms with Gasteiger partial charge in [0, 0.05) is 25.0 Å². The van der Waals surface area contributed by atoms with Gasteiger partial charge in [0.25, 0.3) is 0 Å². The van der Waals surface area contributed by atoms with E-state index < -0.39 is 6.36 Å². The fourth-order valence-corrected chi connectivity index (χ4v) is 2.48. The molecular formula is C15H20F3N3O2. The van der Waals surface area contributed by atoms with Crippen LogP contribution < -0.4 is 10.1 Å². The van der Waals surface area contributed by atoms with Gasteiger partial charge in [-0.25, -0.2) is 4.98 Å². The molecule has 1 amide bonds. The molecule has 0 atom stereocenters. The molecule has 2 rings (SSSR count). The van der Waals surface area contributed by atoms with Crippen LogP contribution in [0.3, 0.4) is 0 Å². The maximum atomic E-state index is 12.1. The van der Waals surface area contributed by atoms with Crippen molar-refractivity contribution in [3.8, 4) is 5.75 Å². The van der Waals surface area contributed by atoms with Crippen LogP contribution in [0.5, 0.6) is 5.75 Å². The van der Waals surface area contributed by atoms with Crippen LogP contribution in [0.1, 0.15) is 26.7 Å². The molecule has 1 saturated heterocycles. The third-order valence-electron chi connectivity index (χ3n) is 3.62. The number of piperidine rings is 1. The summed E-state index contributed by atoms with van der Waals surface area (Å²) in [5, 5.41) is 3.17. The lowest BCUT2D eigenvalue weighted by molar-refractivity contribution is -0.274. The molecule has 0 spiro atoms. The summed E-state index contributed by atoms with van der Waals surface area (Å²) in [5.74, 6) is 0.283. The maximum absolute atomic E-state index is 12.1. The van der Waals surface area contributed by atoms with E-state index in [1.165, 1.54) is 12.1 Å². The lowest BCUT2D eigenvalue weighted by atomic mass is 10.0. The van der Waals surface area contributed by atoms with Gasteiger partial charge in [0.05, 0.1) is 6.20 Å². The van der Waals surface area contributed by atoms with Crippen molar-refractivity contribution < 1.29 is 22.7 Å². The molecule has 128 valence electrons. The normalized spacial score (nSPS) is 16.5. The fraction of sp³-hybridized carbons (Fsp3) is 0.600. The quantitative estimate of drug-likeness (QED) is 0.921. The highest BCUT2D eigenvalue weighted by atomic mass is 19.4. The summed E-state index contributed by atoms with van der Waals surface area (Å²) in [7, 11) is 0. The van der Waals surface area contributed by atoms with Gasteiger partial charge in [-0.15, -0.1) is 13.2 Å². The number of likely N-dealkylation sites (tertiary alicyclic amines) is 1. The predicted octanol–water partition coefficient (Wildman–Crippen LogP) is 3.04. The second-order valence-corrected chi connectivity index (χ2v) is 5.83. The Morgan fingerprint density at radius 2 is 2.00 bits per heavy atom. The Labute approximate surface area is 132 Å². The van der Waals surface area contributed by atoms with Crippen molar-refractivity contribution in [1.29, 1.82) is 0 Å². The number of hydrogen-bond acceptors (Lipinski definition) is 4. The van der Waals surface area contributed by atoms with E-state index in [4.69, 9.17) is 0 Å². The van der Waals surface area contributed by atoms with Gasteiger partial charge in [0.15, 0.2) is 0 Å². The molecule has 1 fully saturated rings. The van der Waals surface area contributed by atoms with Gasteiger partial charge in [0.1, 0.15) is 11.6 Å². The predicted molar refractivity (Wildman–Crippen MR) is 79.0 cm³/mol. The fourth-order valence-electron chi connectivity index (χ4n) is 2.48. The summed E-state index contributed by atoms with van der Waals surface area (Å²) in [6.45, 7) is 5.09. The minimum Gasteiger partial charge on any atom is -0.404 e. The van der Waals surface area contributed by atoms with Gasteiger partial charge in [0.2, 0.25) is 5.91 Å². The van der Waals surface area contributed by atoms with Crippen molar-refractivity contribution in [3.63, 3.8) is 0 Å². The molecular weight excluding hydrogens is 311 g/mol. The number of alkyl halides is 3. The molecule has 1 aliphatic rings. The number of nitrogens with one attached hydrogen (secondary N) is 1. The zero-order chi connectivity index (χ0) is 17.0. The number of ether oxygens (including phenoxy) is 1. The summed E-state index contributed by atoms with van der Waals surface area (Å²) < 4.78 is 40.0. The van der Waals surface area contributed by atoms with Crippen LogP contribution in [0.2, 0.25) is 0 Å². The first kappa shape index (κ1) is 17.4. The lowest BCUT2D eigenvalue weighted by Gasteiger charge is -2.33. The highest BCUT2D eigenvalue weighted by Gasteiger charge is 2.31. The van der Waals surface area contributed by atoms with Crippen molar-refractivity contribution in [2.24, 2.45) is 5.92 Å². The largest absolute Gasteiger partial charge is 0.573 e. The van der Waals surface area contributed by atoms with E-state index >= 15 is 0 Å². The third kappa shape index (κ3) is 5.30. The summed E-state index contributed by atoms with van der Waals surface area (Å²) in [6, 6.07) is 2.82. The lowest BCUT2D eigenvalue weighted by Crippen LogP contribution is -2.44. The van der Waals surface area contributed by atoms with E-state index in [1.54, 1.807) is 0 Å². The number of amides is 1. The second-order valence-electron chi connectivity index (χ2n) is 5.83. The number of halogens is 3. The van der Waals surface area contributed by atoms with Crippen LogP contribution in [0.15, 0.2) is 18.3 Å². The molecule has 0 saturated carbocycles. The minimum absolute atomic E-state index is 0.0117. The minimum atomic E-state index is -4.72. The first-order valence-electron chi connectivity index (χ1n) is 7.52. The van der Waals surface area contributed by atoms with Crippen LogP contribution in [-0.2, 0) is 4.79 Å². The van der Waals surface area contributed by atoms with Gasteiger partial charge in [-0.2, -0.15) is 0 Å². The third-order valence-corrected chi connectivity index (χ3v) is 3.62. The monoisotopic (exact) mass is 331 g/mol. The van der Waals surface area contributed by atoms with Crippen LogP contribution >= 0.6 is 0 Å². The number of aromatic nitrogens is 1. The van der Waals surface area contributed by atoms with E-state index in [9.17, 15) is 18.0 Å². The molecule has 0 unspecified atom stereocenters. The van der Waals surface area contributed by atoms with Gasteiger partial charge >= 0.3 is 6.36 Å². The molecule has 5 nitrogen and oxygen atoms in total. The highest BCUT2D eigenvalue weighted by molar-refractivity contribution is 5.78. The smallest absolute Gasteiger partial charge is 0.404 e. The number of carbonyl (C=O) groups is 1. The second kappa shape index (κ2) is 7.06. The number of hydrogen-bond donors (Lipinski definition) is 1. The maximum Gasteiger partial charge on any atom is 0.573 e. The van der Waals surface area contributed by atoms with Crippen molar-refractivity contribution in [2.45, 2.75) is 39.1 Å². The Kier molecular flexibility index (Phi) is 5.33. The van der Waals surface area contributed by atoms with Crippen LogP contribution in [-0.4, -0.2) is 41.3 Å². The highest BCUT2D eigenvalue weighted by Crippen LogP contribution is 2.23. The zero-order valence-electron chi connectivity index (χ0n) is 13.1. The molecule has 1 aromatic heterocycles. The molecule has 0 aromatic carbocycles. The summed E-state index contributed by atoms with van der Waals surface area (Å²) in [6.07, 6.45) is -2.12. The average Bonchev–Trinajstić information content (AvgIpc) is 2.48. The Hall–Kier alpha value is -1.99.